The fraction of sp³-hybridized carbons (Fsp3) is 0.821. The van der Waals surface area contributed by atoms with Gasteiger partial charge < -0.3 is 26.2 Å². The second-order valence-corrected chi connectivity index (χ2v) is 21.2. The number of amides is 5. The molecule has 5 atom stereocenters. The van der Waals surface area contributed by atoms with Crippen LogP contribution < -0.4 is 21.3 Å². The fourth-order valence-corrected chi connectivity index (χ4v) is 10.8. The fourth-order valence-electron chi connectivity index (χ4n) is 9.27. The summed E-state index contributed by atoms with van der Waals surface area (Å²) in [4.78, 5) is 70.9. The highest BCUT2D eigenvalue weighted by atomic mass is 32.2. The van der Waals surface area contributed by atoms with Crippen molar-refractivity contribution in [2.75, 3.05) is 18.8 Å². The van der Waals surface area contributed by atoms with Gasteiger partial charge in [0.05, 0.1) is 22.1 Å². The van der Waals surface area contributed by atoms with E-state index in [4.69, 9.17) is 0 Å². The van der Waals surface area contributed by atoms with Gasteiger partial charge in [-0.15, -0.1) is 6.58 Å². The van der Waals surface area contributed by atoms with E-state index in [0.29, 0.717) is 38.6 Å². The Kier molecular flexibility index (Phi) is 11.6. The lowest BCUT2D eigenvalue weighted by atomic mass is 9.70. The van der Waals surface area contributed by atoms with Crippen LogP contribution in [0.4, 0.5) is 4.79 Å². The lowest BCUT2D eigenvalue weighted by Gasteiger charge is -2.44. The number of carbonyl (C=O) groups excluding carboxylic acids is 5. The normalized spacial score (nSPS) is 27.3. The van der Waals surface area contributed by atoms with Gasteiger partial charge in [0.15, 0.2) is 9.84 Å². The highest BCUT2D eigenvalue weighted by Gasteiger charge is 2.70. The summed E-state index contributed by atoms with van der Waals surface area (Å²) < 4.78 is 25.9. The highest BCUT2D eigenvalue weighted by Crippen LogP contribution is 2.65. The number of ketones is 1. The van der Waals surface area contributed by atoms with E-state index in [1.165, 1.54) is 6.08 Å². The van der Waals surface area contributed by atoms with Crippen LogP contribution in [0.3, 0.4) is 0 Å². The van der Waals surface area contributed by atoms with Crippen molar-refractivity contribution in [2.45, 2.75) is 153 Å². The predicted octanol–water partition coefficient (Wildman–Crippen LogP) is 4.18. The molecule has 1 saturated heterocycles. The van der Waals surface area contributed by atoms with Crippen molar-refractivity contribution in [3.63, 3.8) is 0 Å². The third kappa shape index (κ3) is 8.54. The minimum absolute atomic E-state index is 0.0717. The molecule has 4 saturated carbocycles. The molecule has 13 heteroatoms. The second kappa shape index (κ2) is 15.1. The third-order valence-corrected chi connectivity index (χ3v) is 15.9. The van der Waals surface area contributed by atoms with Gasteiger partial charge in [-0.3, -0.25) is 19.2 Å². The monoisotopic (exact) mass is 745 g/mol. The number of sulfone groups is 1. The SMILES string of the molecule is C=CCNC(=O)C(=O)C(CC1CC1)NC(=O)[C@@H]1C2C(CN1C(=O)[C@@H](NC(=O)NC1(CS(=O)(=O)C(C)(C)C)CCCCC1)C1(C)CCCCC1)C2(C)C. The van der Waals surface area contributed by atoms with Crippen LogP contribution in [0.15, 0.2) is 12.7 Å². The zero-order valence-electron chi connectivity index (χ0n) is 32.3. The molecule has 0 aromatic carbocycles. The molecule has 52 heavy (non-hydrogen) atoms. The first-order valence-corrected chi connectivity index (χ1v) is 21.3. The van der Waals surface area contributed by atoms with E-state index < -0.39 is 67.3 Å². The molecule has 0 aromatic rings. The average molecular weight is 746 g/mol. The molecule has 1 aliphatic heterocycles. The zero-order chi connectivity index (χ0) is 38.3. The van der Waals surface area contributed by atoms with Gasteiger partial charge in [-0.25, -0.2) is 13.2 Å². The minimum atomic E-state index is -3.57. The van der Waals surface area contributed by atoms with Crippen molar-refractivity contribution in [3.05, 3.63) is 12.7 Å². The smallest absolute Gasteiger partial charge is 0.315 e. The number of nitrogens with one attached hydrogen (secondary N) is 4. The Morgan fingerprint density at radius 1 is 0.904 bits per heavy atom. The summed E-state index contributed by atoms with van der Waals surface area (Å²) in [5.41, 5.74) is -1.73. The molecule has 4 aliphatic carbocycles. The van der Waals surface area contributed by atoms with Gasteiger partial charge in [0.1, 0.15) is 12.1 Å². The Balaban J connectivity index is 1.40. The highest BCUT2D eigenvalue weighted by molar-refractivity contribution is 7.92. The van der Waals surface area contributed by atoms with E-state index in [0.717, 1.165) is 51.4 Å². The van der Waals surface area contributed by atoms with E-state index in [-0.39, 0.29) is 41.4 Å². The standard InChI is InChI=1S/C39H63N5O7S/c1-8-21-40-33(47)30(45)27(22-25-15-16-25)41-32(46)29-28-26(37(28,5)6)23-44(29)34(48)31(38(7)17-11-9-12-18-38)42-35(49)43-39(19-13-10-14-20-39)24-52(50,51)36(2,3)4/h8,25-29,31H,1,9-24H2,2-7H3,(H,40,47)(H,41,46)(H2,42,43,49)/t26?,27?,28?,29-,31+/m0/s1. The summed E-state index contributed by atoms with van der Waals surface area (Å²) in [7, 11) is -3.57. The molecule has 0 aromatic heterocycles. The number of likely N-dealkylation sites (tertiary alicyclic amines) is 1. The zero-order valence-corrected chi connectivity index (χ0v) is 33.1. The van der Waals surface area contributed by atoms with E-state index in [1.807, 2.05) is 6.92 Å². The van der Waals surface area contributed by atoms with Gasteiger partial charge in [-0.05, 0) is 81.5 Å². The first-order valence-electron chi connectivity index (χ1n) is 19.6. The number of hydrogen-bond acceptors (Lipinski definition) is 7. The Labute approximate surface area is 310 Å². The largest absolute Gasteiger partial charge is 0.346 e. The van der Waals surface area contributed by atoms with Crippen molar-refractivity contribution in [1.82, 2.24) is 26.2 Å². The van der Waals surface area contributed by atoms with E-state index in [1.54, 1.807) is 25.7 Å². The summed E-state index contributed by atoms with van der Waals surface area (Å²) >= 11 is 0. The molecule has 5 rings (SSSR count). The number of urea groups is 1. The summed E-state index contributed by atoms with van der Waals surface area (Å²) in [6.45, 7) is 15.3. The van der Waals surface area contributed by atoms with Gasteiger partial charge in [0, 0.05) is 13.1 Å². The summed E-state index contributed by atoms with van der Waals surface area (Å²) in [5, 5.41) is 11.6. The van der Waals surface area contributed by atoms with E-state index >= 15 is 0 Å². The Hall–Kier alpha value is -2.96. The molecule has 5 aliphatic rings. The maximum absolute atomic E-state index is 14.9. The Morgan fingerprint density at radius 2 is 1.50 bits per heavy atom. The van der Waals surface area contributed by atoms with Crippen molar-refractivity contribution in [1.29, 1.82) is 0 Å². The number of fused-ring (bicyclic) bond motifs is 1. The minimum Gasteiger partial charge on any atom is -0.346 e. The Morgan fingerprint density at radius 3 is 2.06 bits per heavy atom. The van der Waals surface area contributed by atoms with Gasteiger partial charge in [-0.1, -0.05) is 78.2 Å². The van der Waals surface area contributed by atoms with E-state index in [2.05, 4.69) is 41.7 Å². The van der Waals surface area contributed by atoms with Crippen LogP contribution in [-0.4, -0.2) is 90.1 Å². The second-order valence-electron chi connectivity index (χ2n) is 18.5. The van der Waals surface area contributed by atoms with Crippen LogP contribution in [-0.2, 0) is 29.0 Å². The van der Waals surface area contributed by atoms with Crippen molar-refractivity contribution in [3.8, 4) is 0 Å². The first kappa shape index (κ1) is 40.2. The number of Topliss-reactive ketones (excluding diaryl/α,β-unsaturated/α-hetero) is 1. The molecule has 0 bridgehead atoms. The Bertz CT molecular complexity index is 1520. The molecule has 5 amide bonds. The van der Waals surface area contributed by atoms with Crippen LogP contribution >= 0.6 is 0 Å². The van der Waals surface area contributed by atoms with Crippen molar-refractivity contribution < 1.29 is 32.4 Å². The molecule has 12 nitrogen and oxygen atoms in total. The number of rotatable bonds is 14. The molecule has 0 spiro atoms. The molecular formula is C39H63N5O7S. The van der Waals surface area contributed by atoms with Crippen LogP contribution in [0.2, 0.25) is 0 Å². The summed E-state index contributed by atoms with van der Waals surface area (Å²) in [6.07, 6.45) is 11.6. The lowest BCUT2D eigenvalue weighted by molar-refractivity contribution is -0.146. The first-order chi connectivity index (χ1) is 24.3. The molecular weight excluding hydrogens is 683 g/mol. The molecule has 5 fully saturated rings. The molecule has 0 radical (unpaired) electrons. The van der Waals surface area contributed by atoms with Gasteiger partial charge in [-0.2, -0.15) is 0 Å². The molecule has 3 unspecified atom stereocenters. The lowest BCUT2D eigenvalue weighted by Crippen LogP contribution is -2.65. The van der Waals surface area contributed by atoms with E-state index in [9.17, 15) is 32.4 Å². The maximum atomic E-state index is 14.9. The maximum Gasteiger partial charge on any atom is 0.315 e. The van der Waals surface area contributed by atoms with Crippen LogP contribution in [0.25, 0.3) is 0 Å². The molecule has 1 heterocycles. The molecule has 4 N–H and O–H groups in total. The van der Waals surface area contributed by atoms with Crippen molar-refractivity contribution in [2.24, 2.45) is 28.6 Å². The summed E-state index contributed by atoms with van der Waals surface area (Å²) in [6, 6.07) is -3.38. The number of hydrogen-bond donors (Lipinski definition) is 4. The predicted molar refractivity (Wildman–Crippen MR) is 200 cm³/mol. The summed E-state index contributed by atoms with van der Waals surface area (Å²) in [5.74, 6) is -2.26. The van der Waals surface area contributed by atoms with Gasteiger partial charge in [0.2, 0.25) is 17.6 Å². The van der Waals surface area contributed by atoms with Crippen LogP contribution in [0.5, 0.6) is 0 Å². The molecule has 292 valence electrons. The van der Waals surface area contributed by atoms with Gasteiger partial charge in [0.25, 0.3) is 5.91 Å². The quantitative estimate of drug-likeness (QED) is 0.153. The van der Waals surface area contributed by atoms with Gasteiger partial charge >= 0.3 is 6.03 Å². The topological polar surface area (TPSA) is 171 Å². The van der Waals surface area contributed by atoms with Crippen molar-refractivity contribution >= 4 is 39.4 Å². The average Bonchev–Trinajstić information content (AvgIpc) is 3.92. The number of carbonyl (C=O) groups is 5. The number of nitrogens with zero attached hydrogens (tertiary/aromatic N) is 1. The number of piperidine rings is 1. The third-order valence-electron chi connectivity index (χ3n) is 13.1. The van der Waals surface area contributed by atoms with Crippen LogP contribution in [0.1, 0.15) is 125 Å². The van der Waals surface area contributed by atoms with Crippen LogP contribution in [0, 0.1) is 28.6 Å².